The van der Waals surface area contributed by atoms with Crippen molar-refractivity contribution in [2.75, 3.05) is 0 Å². The summed E-state index contributed by atoms with van der Waals surface area (Å²) in [6, 6.07) is 0. The number of hydrogen-bond acceptors (Lipinski definition) is 3. The molecule has 1 unspecified atom stereocenters. The monoisotopic (exact) mass is 215 g/mol. The molecular formula is C8H13N3O2S. The fraction of sp³-hybridized carbons (Fsp3) is 0.500. The van der Waals surface area contributed by atoms with Crippen molar-refractivity contribution < 1.29 is 8.95 Å². The minimum atomic E-state index is -2.74. The van der Waals surface area contributed by atoms with E-state index in [0.717, 1.165) is 0 Å². The summed E-state index contributed by atoms with van der Waals surface area (Å²) in [6.07, 6.45) is 1.46. The van der Waals surface area contributed by atoms with Crippen LogP contribution in [0.1, 0.15) is 13.8 Å². The van der Waals surface area contributed by atoms with E-state index in [1.165, 1.54) is 6.20 Å². The summed E-state index contributed by atoms with van der Waals surface area (Å²) in [5.74, 6) is 3.89. The Kier molecular flexibility index (Phi) is 1.71. The number of ether oxygens (including phenoxy) is 1. The second-order valence-corrected chi connectivity index (χ2v) is 5.95. The lowest BCUT2D eigenvalue weighted by atomic mass is 10.1. The van der Waals surface area contributed by atoms with Gasteiger partial charge < -0.3 is 4.74 Å². The Bertz CT molecular complexity index is 473. The molecule has 14 heavy (non-hydrogen) atoms. The van der Waals surface area contributed by atoms with Crippen molar-refractivity contribution in [2.24, 2.45) is 5.14 Å². The predicted molar refractivity (Wildman–Crippen MR) is 54.7 cm³/mol. The average molecular weight is 215 g/mol. The maximum absolute atomic E-state index is 11.6. The lowest BCUT2D eigenvalue weighted by Gasteiger charge is -2.16. The summed E-state index contributed by atoms with van der Waals surface area (Å²) < 4.78 is 18.8. The molecule has 1 aromatic rings. The van der Waals surface area contributed by atoms with Gasteiger partial charge >= 0.3 is 0 Å². The maximum Gasteiger partial charge on any atom is 0.229 e. The van der Waals surface area contributed by atoms with Gasteiger partial charge in [-0.15, -0.1) is 0 Å². The van der Waals surface area contributed by atoms with E-state index in [4.69, 9.17) is 9.88 Å². The van der Waals surface area contributed by atoms with Gasteiger partial charge in [-0.1, -0.05) is 0 Å². The third kappa shape index (κ3) is 1.40. The molecule has 0 aromatic carbocycles. The highest BCUT2D eigenvalue weighted by atomic mass is 32.2. The topological polar surface area (TPSA) is 70.1 Å². The molecule has 0 amide bonds. The molecule has 0 bridgehead atoms. The summed E-state index contributed by atoms with van der Waals surface area (Å²) in [4.78, 5) is 0.392. The summed E-state index contributed by atoms with van der Waals surface area (Å²) in [5, 5.41) is 9.50. The minimum absolute atomic E-state index is 0.316. The Morgan fingerprint density at radius 3 is 3.00 bits per heavy atom. The molecule has 2 heterocycles. The van der Waals surface area contributed by atoms with Crippen molar-refractivity contribution in [1.29, 1.82) is 0 Å². The first-order chi connectivity index (χ1) is 6.30. The Hall–Kier alpha value is -1.01. The third-order valence-corrected chi connectivity index (χ3v) is 3.06. The van der Waals surface area contributed by atoms with E-state index in [1.54, 1.807) is 4.68 Å². The highest BCUT2D eigenvalue weighted by Gasteiger charge is 2.34. The van der Waals surface area contributed by atoms with Gasteiger partial charge in [-0.05, 0) is 19.7 Å². The summed E-state index contributed by atoms with van der Waals surface area (Å²) in [6.45, 7) is 4.51. The van der Waals surface area contributed by atoms with Crippen LogP contribution in [0.3, 0.4) is 0 Å². The van der Waals surface area contributed by atoms with Crippen LogP contribution in [-0.2, 0) is 16.3 Å². The molecule has 1 atom stereocenters. The lowest BCUT2D eigenvalue weighted by Crippen LogP contribution is -2.27. The Balaban J connectivity index is 2.53. The van der Waals surface area contributed by atoms with E-state index in [1.807, 2.05) is 13.8 Å². The molecule has 0 saturated heterocycles. The van der Waals surface area contributed by atoms with E-state index in [-0.39, 0.29) is 5.60 Å². The Morgan fingerprint density at radius 2 is 2.43 bits per heavy atom. The molecule has 0 saturated carbocycles. The summed E-state index contributed by atoms with van der Waals surface area (Å²) in [7, 11) is -2.74. The van der Waals surface area contributed by atoms with Crippen LogP contribution in [0.4, 0.5) is 0 Å². The van der Waals surface area contributed by atoms with Crippen molar-refractivity contribution in [3.8, 4) is 5.88 Å². The number of nitrogens with zero attached hydrogens (tertiary/aromatic N) is 2. The van der Waals surface area contributed by atoms with Crippen LogP contribution in [0.2, 0.25) is 0 Å². The van der Waals surface area contributed by atoms with Gasteiger partial charge in [0.05, 0.1) is 22.4 Å². The molecule has 1 aliphatic rings. The zero-order valence-corrected chi connectivity index (χ0v) is 9.00. The molecule has 0 aliphatic carbocycles. The van der Waals surface area contributed by atoms with E-state index in [0.29, 0.717) is 17.3 Å². The fourth-order valence-corrected chi connectivity index (χ4v) is 2.13. The van der Waals surface area contributed by atoms with Crippen molar-refractivity contribution in [1.82, 2.24) is 9.78 Å². The van der Waals surface area contributed by atoms with Crippen LogP contribution in [0.25, 0.3) is 0 Å². The first-order valence-electron chi connectivity index (χ1n) is 4.19. The number of nitrogens with two attached hydrogens (primary N) is 1. The van der Waals surface area contributed by atoms with Crippen molar-refractivity contribution in [3.63, 3.8) is 0 Å². The minimum Gasteiger partial charge on any atom is -0.469 e. The molecule has 5 nitrogen and oxygen atoms in total. The molecule has 78 valence electrons. The van der Waals surface area contributed by atoms with Crippen molar-refractivity contribution >= 4 is 15.6 Å². The average Bonchev–Trinajstić information content (AvgIpc) is 2.38. The summed E-state index contributed by atoms with van der Waals surface area (Å²) >= 11 is 0. The van der Waals surface area contributed by atoms with Gasteiger partial charge in [0.15, 0.2) is 0 Å². The number of aromatic nitrogens is 2. The maximum atomic E-state index is 11.6. The van der Waals surface area contributed by atoms with Crippen LogP contribution in [-0.4, -0.2) is 25.5 Å². The molecule has 1 aliphatic heterocycles. The molecule has 1 aromatic heterocycles. The van der Waals surface area contributed by atoms with Crippen molar-refractivity contribution in [2.45, 2.75) is 30.9 Å². The normalized spacial score (nSPS) is 22.5. The van der Waals surface area contributed by atoms with E-state index in [2.05, 4.69) is 11.0 Å². The highest BCUT2D eigenvalue weighted by molar-refractivity contribution is 7.98. The van der Waals surface area contributed by atoms with Crippen molar-refractivity contribution in [3.05, 3.63) is 6.20 Å². The molecule has 0 radical (unpaired) electrons. The van der Waals surface area contributed by atoms with Crippen LogP contribution in [0.15, 0.2) is 11.1 Å². The molecule has 0 fully saturated rings. The Labute approximate surface area is 83.0 Å². The third-order valence-electron chi connectivity index (χ3n) is 2.04. The van der Waals surface area contributed by atoms with Gasteiger partial charge in [0.1, 0.15) is 10.5 Å². The quantitative estimate of drug-likeness (QED) is 0.670. The number of hydrogen-bond donors (Lipinski definition) is 1. The number of fused-ring (bicyclic) bond motifs is 1. The second kappa shape index (κ2) is 2.52. The molecule has 2 N–H and O–H groups in total. The predicted octanol–water partition coefficient (Wildman–Crippen LogP) is 0.00310. The zero-order valence-electron chi connectivity index (χ0n) is 8.19. The first-order valence-corrected chi connectivity index (χ1v) is 5.98. The lowest BCUT2D eigenvalue weighted by molar-refractivity contribution is 0.132. The van der Waals surface area contributed by atoms with Crippen LogP contribution in [0, 0.1) is 0 Å². The van der Waals surface area contributed by atoms with Gasteiger partial charge in [0.25, 0.3) is 0 Å². The first kappa shape index (κ1) is 9.54. The molecule has 0 spiro atoms. The molecule has 2 rings (SSSR count). The number of rotatable bonds is 1. The Morgan fingerprint density at radius 1 is 1.79 bits per heavy atom. The van der Waals surface area contributed by atoms with Gasteiger partial charge in [-0.3, -0.25) is 5.14 Å². The molecule has 6 heteroatoms. The van der Waals surface area contributed by atoms with Crippen LogP contribution < -0.4 is 9.88 Å². The fourth-order valence-electron chi connectivity index (χ4n) is 1.46. The zero-order chi connectivity index (χ0) is 10.6. The van der Waals surface area contributed by atoms with Crippen LogP contribution >= 0.6 is 0 Å². The second-order valence-electron chi connectivity index (χ2n) is 4.06. The van der Waals surface area contributed by atoms with Gasteiger partial charge in [-0.25, -0.2) is 8.89 Å². The summed E-state index contributed by atoms with van der Waals surface area (Å²) in [5.41, 5.74) is -0.316. The largest absolute Gasteiger partial charge is 0.469 e. The van der Waals surface area contributed by atoms with Crippen LogP contribution in [0.5, 0.6) is 5.88 Å². The standard InChI is InChI=1S/C8H13N3O2S/c1-8(2)5-11-7(13-8)6(4-10-11)14(3,9)12/h4H,3,5H2,1-2H3,(H2,9,12). The van der Waals surface area contributed by atoms with Gasteiger partial charge in [-0.2, -0.15) is 5.10 Å². The van der Waals surface area contributed by atoms with Gasteiger partial charge in [0.2, 0.25) is 5.88 Å². The highest BCUT2D eigenvalue weighted by Crippen LogP contribution is 2.33. The van der Waals surface area contributed by atoms with Gasteiger partial charge in [0, 0.05) is 0 Å². The SMILES string of the molecule is C=S(N)(=O)c1cnn2c1OC(C)(C)C2. The smallest absolute Gasteiger partial charge is 0.229 e. The van der Waals surface area contributed by atoms with E-state index < -0.39 is 9.71 Å². The van der Waals surface area contributed by atoms with E-state index >= 15 is 0 Å². The molecular weight excluding hydrogens is 202 g/mol. The van der Waals surface area contributed by atoms with E-state index in [9.17, 15) is 4.21 Å².